The van der Waals surface area contributed by atoms with Crippen molar-refractivity contribution in [3.8, 4) is 11.6 Å². The van der Waals surface area contributed by atoms with Crippen LogP contribution >= 0.6 is 0 Å². The predicted molar refractivity (Wildman–Crippen MR) is 134 cm³/mol. The van der Waals surface area contributed by atoms with Crippen LogP contribution in [-0.4, -0.2) is 49.9 Å². The first-order chi connectivity index (χ1) is 17.8. The Morgan fingerprint density at radius 3 is 2.59 bits per heavy atom. The smallest absolute Gasteiger partial charge is 0.326 e. The minimum absolute atomic E-state index is 0.115. The van der Waals surface area contributed by atoms with Gasteiger partial charge in [-0.3, -0.25) is 9.48 Å². The number of methoxy groups -OCH3 is 2. The van der Waals surface area contributed by atoms with E-state index in [2.05, 4.69) is 15.4 Å². The van der Waals surface area contributed by atoms with Crippen LogP contribution in [0.4, 0.5) is 15.9 Å². The molecule has 13 heteroatoms. The molecule has 2 N–H and O–H groups in total. The van der Waals surface area contributed by atoms with Crippen molar-refractivity contribution >= 4 is 38.5 Å². The minimum atomic E-state index is -4.25. The minimum Gasteiger partial charge on any atom is -0.497 e. The average molecular weight is 527 g/mol. The maximum atomic E-state index is 15.5. The van der Waals surface area contributed by atoms with E-state index < -0.39 is 28.5 Å². The van der Waals surface area contributed by atoms with Crippen LogP contribution in [0, 0.1) is 5.82 Å². The summed E-state index contributed by atoms with van der Waals surface area (Å²) in [6.45, 7) is -0.0228. The third-order valence-electron chi connectivity index (χ3n) is 5.82. The molecule has 3 heterocycles. The molecule has 0 bridgehead atoms. The third kappa shape index (κ3) is 4.85. The van der Waals surface area contributed by atoms with Gasteiger partial charge in [0.1, 0.15) is 35.1 Å². The Hall–Kier alpha value is -4.39. The standard InChI is InChI=1S/C24H23FN6O5S/c1-35-17-8-6-15(7-9-17)12-30-13-18-16(11-26-20-4-3-5-22(27-20)36-2)10-19(25)24(23(18)28-30)31-14-21(32)29-37(31,33)34/h3-10,13H,11-12,14H2,1-2H3,(H,26,27)(H,29,32). The molecule has 1 aliphatic heterocycles. The Morgan fingerprint density at radius 1 is 1.14 bits per heavy atom. The number of nitrogens with one attached hydrogen (secondary N) is 2. The molecule has 1 aliphatic rings. The number of amides is 1. The van der Waals surface area contributed by atoms with Gasteiger partial charge in [-0.15, -0.1) is 0 Å². The fraction of sp³-hybridized carbons (Fsp3) is 0.208. The maximum Gasteiger partial charge on any atom is 0.326 e. The van der Waals surface area contributed by atoms with Crippen molar-refractivity contribution in [3.05, 3.63) is 71.7 Å². The molecule has 2 aromatic heterocycles. The number of pyridine rings is 1. The van der Waals surface area contributed by atoms with E-state index in [9.17, 15) is 13.2 Å². The number of carbonyl (C=O) groups excluding carboxylic acids is 1. The monoisotopic (exact) mass is 526 g/mol. The van der Waals surface area contributed by atoms with Crippen molar-refractivity contribution in [3.63, 3.8) is 0 Å². The highest BCUT2D eigenvalue weighted by Crippen LogP contribution is 2.35. The van der Waals surface area contributed by atoms with Gasteiger partial charge in [0.2, 0.25) is 5.88 Å². The second kappa shape index (κ2) is 9.58. The largest absolute Gasteiger partial charge is 0.497 e. The predicted octanol–water partition coefficient (Wildman–Crippen LogP) is 2.43. The lowest BCUT2D eigenvalue weighted by atomic mass is 10.1. The summed E-state index contributed by atoms with van der Waals surface area (Å²) >= 11 is 0. The second-order valence-corrected chi connectivity index (χ2v) is 9.85. The first-order valence-corrected chi connectivity index (χ1v) is 12.6. The van der Waals surface area contributed by atoms with Crippen LogP contribution in [0.3, 0.4) is 0 Å². The van der Waals surface area contributed by atoms with Gasteiger partial charge < -0.3 is 14.8 Å². The number of benzene rings is 2. The molecule has 0 spiro atoms. The Balaban J connectivity index is 1.56. The summed E-state index contributed by atoms with van der Waals surface area (Å²) in [6.07, 6.45) is 1.72. The number of hydrogen-bond donors (Lipinski definition) is 2. The van der Waals surface area contributed by atoms with E-state index >= 15 is 4.39 Å². The number of anilines is 2. The molecule has 4 aromatic rings. The number of rotatable bonds is 8. The molecular weight excluding hydrogens is 503 g/mol. The van der Waals surface area contributed by atoms with Crippen molar-refractivity contribution in [1.29, 1.82) is 0 Å². The lowest BCUT2D eigenvalue weighted by Gasteiger charge is -2.17. The van der Waals surface area contributed by atoms with E-state index in [4.69, 9.17) is 9.47 Å². The number of ether oxygens (including phenoxy) is 2. The van der Waals surface area contributed by atoms with Gasteiger partial charge in [-0.25, -0.2) is 13.4 Å². The summed E-state index contributed by atoms with van der Waals surface area (Å²) in [4.78, 5) is 16.2. The van der Waals surface area contributed by atoms with Crippen LogP contribution in [0.25, 0.3) is 10.9 Å². The number of nitrogens with zero attached hydrogens (tertiary/aromatic N) is 4. The highest BCUT2D eigenvalue weighted by Gasteiger charge is 2.37. The molecule has 0 atom stereocenters. The normalized spacial score (nSPS) is 14.6. The average Bonchev–Trinajstić information content (AvgIpc) is 3.41. The maximum absolute atomic E-state index is 15.5. The van der Waals surface area contributed by atoms with Gasteiger partial charge in [0.05, 0.1) is 20.8 Å². The molecule has 0 saturated carbocycles. The third-order valence-corrected chi connectivity index (χ3v) is 7.20. The van der Waals surface area contributed by atoms with Gasteiger partial charge in [-0.05, 0) is 35.4 Å². The van der Waals surface area contributed by atoms with Gasteiger partial charge in [0.25, 0.3) is 5.91 Å². The number of fused-ring (bicyclic) bond motifs is 1. The zero-order chi connectivity index (χ0) is 26.2. The number of hydrogen-bond acceptors (Lipinski definition) is 8. The molecular formula is C24H23FN6O5S. The van der Waals surface area contributed by atoms with Crippen LogP contribution in [0.2, 0.25) is 0 Å². The Morgan fingerprint density at radius 2 is 1.92 bits per heavy atom. The molecule has 1 amide bonds. The summed E-state index contributed by atoms with van der Waals surface area (Å²) in [6, 6.07) is 13.8. The molecule has 2 aromatic carbocycles. The number of carbonyl (C=O) groups is 1. The molecule has 192 valence electrons. The van der Waals surface area contributed by atoms with Crippen molar-refractivity contribution in [2.75, 3.05) is 30.4 Å². The number of halogens is 1. The Labute approximate surface area is 212 Å². The first kappa shape index (κ1) is 24.3. The van der Waals surface area contributed by atoms with E-state index in [-0.39, 0.29) is 17.7 Å². The molecule has 11 nitrogen and oxygen atoms in total. The molecule has 0 aliphatic carbocycles. The van der Waals surface area contributed by atoms with Crippen molar-refractivity contribution in [2.24, 2.45) is 0 Å². The summed E-state index contributed by atoms with van der Waals surface area (Å²) in [7, 11) is -1.16. The summed E-state index contributed by atoms with van der Waals surface area (Å²) in [5.74, 6) is 0.0623. The molecule has 37 heavy (non-hydrogen) atoms. The summed E-state index contributed by atoms with van der Waals surface area (Å²) in [5.41, 5.74) is 1.26. The van der Waals surface area contributed by atoms with Gasteiger partial charge in [0.15, 0.2) is 0 Å². The van der Waals surface area contributed by atoms with Crippen LogP contribution in [0.5, 0.6) is 11.6 Å². The van der Waals surface area contributed by atoms with Gasteiger partial charge >= 0.3 is 10.2 Å². The highest BCUT2D eigenvalue weighted by molar-refractivity contribution is 7.92. The topological polar surface area (TPSA) is 128 Å². The van der Waals surface area contributed by atoms with Crippen molar-refractivity contribution in [2.45, 2.75) is 13.1 Å². The summed E-state index contributed by atoms with van der Waals surface area (Å²) < 4.78 is 55.1. The Bertz CT molecular complexity index is 1590. The summed E-state index contributed by atoms with van der Waals surface area (Å²) in [5, 5.41) is 8.18. The second-order valence-electron chi connectivity index (χ2n) is 8.26. The Kier molecular flexibility index (Phi) is 6.29. The lowest BCUT2D eigenvalue weighted by Crippen LogP contribution is -2.30. The van der Waals surface area contributed by atoms with Crippen LogP contribution in [0.1, 0.15) is 11.1 Å². The van der Waals surface area contributed by atoms with Gasteiger partial charge in [-0.1, -0.05) is 18.2 Å². The van der Waals surface area contributed by atoms with E-state index in [1.54, 1.807) is 36.2 Å². The van der Waals surface area contributed by atoms with E-state index in [1.165, 1.54) is 13.2 Å². The van der Waals surface area contributed by atoms with Crippen LogP contribution in [-0.2, 0) is 28.1 Å². The van der Waals surface area contributed by atoms with Gasteiger partial charge in [-0.2, -0.15) is 18.5 Å². The zero-order valence-corrected chi connectivity index (χ0v) is 20.8. The molecule has 5 rings (SSSR count). The fourth-order valence-corrected chi connectivity index (χ4v) is 5.25. The molecule has 1 saturated heterocycles. The van der Waals surface area contributed by atoms with Crippen molar-refractivity contribution in [1.82, 2.24) is 19.5 Å². The molecule has 1 fully saturated rings. The first-order valence-electron chi connectivity index (χ1n) is 11.2. The SMILES string of the molecule is COc1ccc(Cn2cc3c(CNc4cccc(OC)n4)cc(F)c(N4CC(=O)NS4(=O)=O)c3n2)cc1. The van der Waals surface area contributed by atoms with Crippen molar-refractivity contribution < 1.29 is 27.1 Å². The molecule has 0 unspecified atom stereocenters. The number of aromatic nitrogens is 3. The van der Waals surface area contributed by atoms with E-state index in [0.717, 1.165) is 5.56 Å². The molecule has 0 radical (unpaired) electrons. The van der Waals surface area contributed by atoms with Crippen LogP contribution < -0.4 is 23.8 Å². The lowest BCUT2D eigenvalue weighted by molar-refractivity contribution is -0.117. The fourth-order valence-electron chi connectivity index (χ4n) is 4.08. The van der Waals surface area contributed by atoms with E-state index in [1.807, 2.05) is 29.0 Å². The van der Waals surface area contributed by atoms with Gasteiger partial charge in [0, 0.05) is 24.2 Å². The highest BCUT2D eigenvalue weighted by atomic mass is 32.2. The van der Waals surface area contributed by atoms with Crippen LogP contribution in [0.15, 0.2) is 54.7 Å². The quantitative estimate of drug-likeness (QED) is 0.358. The van der Waals surface area contributed by atoms with E-state index in [0.29, 0.717) is 39.2 Å². The zero-order valence-electron chi connectivity index (χ0n) is 19.9.